The maximum Gasteiger partial charge on any atom is 0.335 e. The summed E-state index contributed by atoms with van der Waals surface area (Å²) >= 11 is 0. The maximum absolute atomic E-state index is 12.8. The van der Waals surface area contributed by atoms with Crippen LogP contribution < -0.4 is 0 Å². The first kappa shape index (κ1) is 57.9. The highest BCUT2D eigenvalue weighted by Crippen LogP contribution is 2.23. The molecule has 11 heteroatoms. The topological polar surface area (TPSA) is 169 Å². The number of esters is 2. The molecule has 1 heterocycles. The fourth-order valence-corrected chi connectivity index (χ4v) is 7.26. The van der Waals surface area contributed by atoms with Crippen molar-refractivity contribution in [1.29, 1.82) is 0 Å². The number of unbranched alkanes of at least 4 members (excludes halogenated alkanes) is 20. The molecule has 0 saturated carbocycles. The number of aliphatic hydroxyl groups excluding tert-OH is 3. The summed E-state index contributed by atoms with van der Waals surface area (Å²) in [6, 6.07) is 0. The largest absolute Gasteiger partial charge is 0.479 e. The van der Waals surface area contributed by atoms with E-state index in [-0.39, 0.29) is 19.4 Å². The monoisotopic (exact) mass is 889 g/mol. The Labute approximate surface area is 381 Å². The summed E-state index contributed by atoms with van der Waals surface area (Å²) < 4.78 is 21.8. The Kier molecular flexibility index (Phi) is 38.3. The zero-order chi connectivity index (χ0) is 46.0. The fraction of sp³-hybridized carbons (Fsp3) is 0.750. The lowest BCUT2D eigenvalue weighted by atomic mass is 9.99. The van der Waals surface area contributed by atoms with Crippen molar-refractivity contribution in [3.63, 3.8) is 0 Å². The van der Waals surface area contributed by atoms with Gasteiger partial charge in [-0.25, -0.2) is 4.79 Å². The molecule has 4 N–H and O–H groups in total. The van der Waals surface area contributed by atoms with E-state index in [4.69, 9.17) is 18.9 Å². The molecule has 1 saturated heterocycles. The van der Waals surface area contributed by atoms with Gasteiger partial charge in [0.25, 0.3) is 0 Å². The minimum absolute atomic E-state index is 0.176. The van der Waals surface area contributed by atoms with E-state index in [1.807, 2.05) is 0 Å². The Morgan fingerprint density at radius 1 is 0.508 bits per heavy atom. The zero-order valence-corrected chi connectivity index (χ0v) is 39.3. The second-order valence-electron chi connectivity index (χ2n) is 16.9. The van der Waals surface area contributed by atoms with Crippen LogP contribution in [-0.4, -0.2) is 88.4 Å². The Morgan fingerprint density at radius 3 is 1.41 bits per heavy atom. The first-order chi connectivity index (χ1) is 30.7. The quantitative estimate of drug-likeness (QED) is 0.0262. The number of aliphatic hydroxyl groups is 3. The van der Waals surface area contributed by atoms with Gasteiger partial charge in [-0.3, -0.25) is 9.59 Å². The van der Waals surface area contributed by atoms with E-state index >= 15 is 0 Å². The molecule has 0 aliphatic carbocycles. The van der Waals surface area contributed by atoms with Gasteiger partial charge in [0.1, 0.15) is 24.9 Å². The van der Waals surface area contributed by atoms with Crippen LogP contribution in [0.3, 0.4) is 0 Å². The summed E-state index contributed by atoms with van der Waals surface area (Å²) in [5.41, 5.74) is 0. The molecule has 1 aliphatic rings. The van der Waals surface area contributed by atoms with Gasteiger partial charge in [0.05, 0.1) is 6.61 Å². The Morgan fingerprint density at radius 2 is 0.937 bits per heavy atom. The lowest BCUT2D eigenvalue weighted by Gasteiger charge is -2.38. The Hall–Kier alpha value is -3.09. The van der Waals surface area contributed by atoms with E-state index in [9.17, 15) is 34.8 Å². The minimum atomic E-state index is -1.87. The molecule has 0 aromatic rings. The standard InChI is InChI=1S/C52H88O11/c1-3-5-7-9-11-13-15-17-19-21-23-25-26-28-30-32-34-36-38-40-45(53)60-42-44(43-61-52-49(57)47(55)48(56)50(63-52)51(58)59)62-46(54)41-39-37-35-33-31-29-27-24-22-20-18-16-14-12-10-8-6-4-2/h5,7,11,13,17,19,23,25,28,30,44,47-50,52,55-57H,3-4,6,8-10,12,14-16,18,20-22,24,26-27,29,31-43H2,1-2H3,(H,58,59)/b7-5-,13-11-,19-17-,25-23-,30-28-. The second-order valence-corrected chi connectivity index (χ2v) is 16.9. The van der Waals surface area contributed by atoms with E-state index < -0.39 is 61.3 Å². The van der Waals surface area contributed by atoms with Crippen molar-refractivity contribution in [3.05, 3.63) is 60.8 Å². The maximum atomic E-state index is 12.8. The molecule has 0 spiro atoms. The van der Waals surface area contributed by atoms with Gasteiger partial charge in [-0.05, 0) is 57.8 Å². The van der Waals surface area contributed by atoms with E-state index in [1.165, 1.54) is 89.9 Å². The van der Waals surface area contributed by atoms with E-state index in [2.05, 4.69) is 74.6 Å². The fourth-order valence-electron chi connectivity index (χ4n) is 7.26. The molecule has 1 aliphatic heterocycles. The van der Waals surface area contributed by atoms with Crippen molar-refractivity contribution in [3.8, 4) is 0 Å². The smallest absolute Gasteiger partial charge is 0.335 e. The number of carbonyl (C=O) groups is 3. The van der Waals surface area contributed by atoms with E-state index in [1.54, 1.807) is 0 Å². The molecule has 63 heavy (non-hydrogen) atoms. The number of allylic oxidation sites excluding steroid dienone is 10. The van der Waals surface area contributed by atoms with Crippen molar-refractivity contribution >= 4 is 17.9 Å². The van der Waals surface area contributed by atoms with Gasteiger partial charge in [-0.15, -0.1) is 0 Å². The van der Waals surface area contributed by atoms with Gasteiger partial charge in [0.15, 0.2) is 18.5 Å². The van der Waals surface area contributed by atoms with Crippen molar-refractivity contribution in [2.45, 2.75) is 237 Å². The van der Waals surface area contributed by atoms with Crippen LogP contribution in [0.5, 0.6) is 0 Å². The minimum Gasteiger partial charge on any atom is -0.479 e. The number of carbonyl (C=O) groups excluding carboxylic acids is 2. The molecular weight excluding hydrogens is 801 g/mol. The van der Waals surface area contributed by atoms with Crippen LogP contribution in [0.2, 0.25) is 0 Å². The van der Waals surface area contributed by atoms with Crippen LogP contribution in [-0.2, 0) is 33.3 Å². The number of aliphatic carboxylic acids is 1. The first-order valence-corrected chi connectivity index (χ1v) is 24.8. The molecule has 0 aromatic carbocycles. The highest BCUT2D eigenvalue weighted by molar-refractivity contribution is 5.73. The van der Waals surface area contributed by atoms with Gasteiger partial charge in [-0.2, -0.15) is 0 Å². The molecule has 6 unspecified atom stereocenters. The molecule has 0 bridgehead atoms. The van der Waals surface area contributed by atoms with E-state index in [0.717, 1.165) is 70.6 Å². The molecule has 0 aromatic heterocycles. The molecule has 0 radical (unpaired) electrons. The second kappa shape index (κ2) is 41.6. The number of carboxylic acids is 1. The lowest BCUT2D eigenvalue weighted by molar-refractivity contribution is -0.298. The molecule has 6 atom stereocenters. The Bertz CT molecular complexity index is 1270. The lowest BCUT2D eigenvalue weighted by Crippen LogP contribution is -2.60. The summed E-state index contributed by atoms with van der Waals surface area (Å²) in [5, 5.41) is 39.9. The number of hydrogen-bond donors (Lipinski definition) is 4. The average Bonchev–Trinajstić information content (AvgIpc) is 3.27. The number of rotatable bonds is 41. The number of ether oxygens (including phenoxy) is 4. The average molecular weight is 889 g/mol. The molecule has 1 fully saturated rings. The first-order valence-electron chi connectivity index (χ1n) is 24.8. The van der Waals surface area contributed by atoms with Crippen LogP contribution in [0, 0.1) is 0 Å². The van der Waals surface area contributed by atoms with Crippen molar-refractivity contribution in [2.24, 2.45) is 0 Å². The van der Waals surface area contributed by atoms with Gasteiger partial charge >= 0.3 is 17.9 Å². The van der Waals surface area contributed by atoms with Crippen molar-refractivity contribution in [1.82, 2.24) is 0 Å². The van der Waals surface area contributed by atoms with Gasteiger partial charge in [0, 0.05) is 12.8 Å². The molecule has 11 nitrogen and oxygen atoms in total. The molecular formula is C52H88O11. The highest BCUT2D eigenvalue weighted by atomic mass is 16.7. The summed E-state index contributed by atoms with van der Waals surface area (Å²) in [7, 11) is 0. The van der Waals surface area contributed by atoms with Gasteiger partial charge in [0.2, 0.25) is 0 Å². The van der Waals surface area contributed by atoms with Crippen LogP contribution in [0.1, 0.15) is 200 Å². The summed E-state index contributed by atoms with van der Waals surface area (Å²) in [5.74, 6) is -2.48. The summed E-state index contributed by atoms with van der Waals surface area (Å²) in [6.45, 7) is 3.69. The Balaban J connectivity index is 2.35. The van der Waals surface area contributed by atoms with Crippen LogP contribution >= 0.6 is 0 Å². The molecule has 0 amide bonds. The van der Waals surface area contributed by atoms with E-state index in [0.29, 0.717) is 12.8 Å². The molecule has 1 rings (SSSR count). The predicted octanol–water partition coefficient (Wildman–Crippen LogP) is 11.5. The normalized spacial score (nSPS) is 19.9. The van der Waals surface area contributed by atoms with Crippen molar-refractivity contribution < 1.29 is 53.8 Å². The van der Waals surface area contributed by atoms with Crippen molar-refractivity contribution in [2.75, 3.05) is 13.2 Å². The van der Waals surface area contributed by atoms with Gasteiger partial charge < -0.3 is 39.4 Å². The highest BCUT2D eigenvalue weighted by Gasteiger charge is 2.47. The van der Waals surface area contributed by atoms with Crippen LogP contribution in [0.4, 0.5) is 0 Å². The molecule has 362 valence electrons. The van der Waals surface area contributed by atoms with Gasteiger partial charge in [-0.1, -0.05) is 190 Å². The zero-order valence-electron chi connectivity index (χ0n) is 39.3. The third-order valence-electron chi connectivity index (χ3n) is 11.1. The third kappa shape index (κ3) is 33.1. The summed E-state index contributed by atoms with van der Waals surface area (Å²) in [4.78, 5) is 36.9. The van der Waals surface area contributed by atoms with Crippen LogP contribution in [0.15, 0.2) is 60.8 Å². The summed E-state index contributed by atoms with van der Waals surface area (Å²) in [6.07, 6.45) is 42.7. The SMILES string of the molecule is CC/C=C\C/C=C\C/C=C\C/C=C\C/C=C\CCCCCC(=O)OCC(COC1OC(C(=O)O)C(O)C(O)C1O)OC(=O)CCCCCCCCCCCCCCCCCCCC. The number of hydrogen-bond acceptors (Lipinski definition) is 10. The van der Waals surface area contributed by atoms with Crippen LogP contribution in [0.25, 0.3) is 0 Å². The predicted molar refractivity (Wildman–Crippen MR) is 252 cm³/mol. The number of carboxylic acid groups (broad SMARTS) is 1. The third-order valence-corrected chi connectivity index (χ3v) is 11.1.